The molecule has 1 aromatic heterocycles. The topological polar surface area (TPSA) is 93.5 Å². The maximum atomic E-state index is 12.9. The van der Waals surface area contributed by atoms with Crippen LogP contribution in [0.5, 0.6) is 5.75 Å². The zero-order chi connectivity index (χ0) is 18.9. The van der Waals surface area contributed by atoms with Gasteiger partial charge in [-0.3, -0.25) is 4.68 Å². The number of aliphatic hydroxyl groups excluding tert-OH is 1. The highest BCUT2D eigenvalue weighted by molar-refractivity contribution is 7.89. The normalized spacial score (nSPS) is 21.2. The summed E-state index contributed by atoms with van der Waals surface area (Å²) < 4.78 is 35.8. The minimum Gasteiger partial charge on any atom is -0.494 e. The van der Waals surface area contributed by atoms with Gasteiger partial charge < -0.3 is 9.84 Å². The largest absolute Gasteiger partial charge is 0.494 e. The number of aliphatic hydroxyl groups is 1. The average Bonchev–Trinajstić information content (AvgIpc) is 2.98. The summed E-state index contributed by atoms with van der Waals surface area (Å²) in [5, 5.41) is 13.8. The van der Waals surface area contributed by atoms with Crippen molar-refractivity contribution in [3.8, 4) is 5.75 Å². The number of hydrogen-bond donors (Lipinski definition) is 2. The molecule has 1 aromatic carbocycles. The molecule has 2 N–H and O–H groups in total. The summed E-state index contributed by atoms with van der Waals surface area (Å²) in [5.74, 6) is 0.727. The van der Waals surface area contributed by atoms with Gasteiger partial charge in [0.1, 0.15) is 5.75 Å². The first-order chi connectivity index (χ1) is 12.3. The maximum absolute atomic E-state index is 12.9. The van der Waals surface area contributed by atoms with Gasteiger partial charge in [-0.05, 0) is 56.4 Å². The van der Waals surface area contributed by atoms with Gasteiger partial charge in [0.15, 0.2) is 0 Å². The predicted molar refractivity (Wildman–Crippen MR) is 97.3 cm³/mol. The highest BCUT2D eigenvalue weighted by Gasteiger charge is 2.37. The Morgan fingerprint density at radius 3 is 2.69 bits per heavy atom. The van der Waals surface area contributed by atoms with Crippen molar-refractivity contribution < 1.29 is 18.3 Å². The van der Waals surface area contributed by atoms with Gasteiger partial charge in [-0.25, -0.2) is 13.1 Å². The van der Waals surface area contributed by atoms with E-state index in [0.29, 0.717) is 25.2 Å². The fourth-order valence-corrected chi connectivity index (χ4v) is 4.66. The van der Waals surface area contributed by atoms with E-state index in [4.69, 9.17) is 4.74 Å². The van der Waals surface area contributed by atoms with Gasteiger partial charge >= 0.3 is 0 Å². The molecule has 1 fully saturated rings. The second-order valence-electron chi connectivity index (χ2n) is 6.79. The third kappa shape index (κ3) is 3.92. The van der Waals surface area contributed by atoms with Gasteiger partial charge in [0, 0.05) is 18.8 Å². The van der Waals surface area contributed by atoms with E-state index in [1.165, 1.54) is 0 Å². The smallest absolute Gasteiger partial charge is 0.241 e. The Kier molecular flexibility index (Phi) is 5.36. The van der Waals surface area contributed by atoms with Gasteiger partial charge in [-0.1, -0.05) is 0 Å². The summed E-state index contributed by atoms with van der Waals surface area (Å²) in [7, 11) is -1.92. The lowest BCUT2D eigenvalue weighted by atomic mass is 9.76. The molecule has 0 amide bonds. The van der Waals surface area contributed by atoms with Crippen LogP contribution in [0.3, 0.4) is 0 Å². The predicted octanol–water partition coefficient (Wildman–Crippen LogP) is 1.92. The van der Waals surface area contributed by atoms with Crippen molar-refractivity contribution in [2.45, 2.75) is 43.7 Å². The van der Waals surface area contributed by atoms with Crippen LogP contribution in [0.4, 0.5) is 0 Å². The summed E-state index contributed by atoms with van der Waals surface area (Å²) in [6.45, 7) is 4.24. The Labute approximate surface area is 154 Å². The third-order valence-corrected chi connectivity index (χ3v) is 6.18. The van der Waals surface area contributed by atoms with E-state index in [1.54, 1.807) is 42.3 Å². The number of nitrogens with one attached hydrogen (secondary N) is 1. The van der Waals surface area contributed by atoms with Crippen LogP contribution in [0.25, 0.3) is 0 Å². The molecular formula is C18H25N3O4S. The number of ether oxygens (including phenoxy) is 1. The number of aromatic nitrogens is 2. The van der Waals surface area contributed by atoms with Gasteiger partial charge in [0.05, 0.1) is 29.8 Å². The number of sulfonamides is 1. The lowest BCUT2D eigenvalue weighted by Gasteiger charge is -2.37. The molecular weight excluding hydrogens is 354 g/mol. The second-order valence-corrected chi connectivity index (χ2v) is 8.51. The van der Waals surface area contributed by atoms with Crippen molar-refractivity contribution in [3.63, 3.8) is 0 Å². The minimum atomic E-state index is -3.72. The summed E-state index contributed by atoms with van der Waals surface area (Å²) >= 11 is 0. The van der Waals surface area contributed by atoms with Crippen LogP contribution in [0.15, 0.2) is 35.5 Å². The van der Waals surface area contributed by atoms with E-state index in [1.807, 2.05) is 13.8 Å². The van der Waals surface area contributed by atoms with E-state index < -0.39 is 16.1 Å². The zero-order valence-corrected chi connectivity index (χ0v) is 16.0. The van der Waals surface area contributed by atoms with E-state index in [9.17, 15) is 13.5 Å². The van der Waals surface area contributed by atoms with Crippen molar-refractivity contribution in [3.05, 3.63) is 41.7 Å². The van der Waals surface area contributed by atoms with Crippen molar-refractivity contribution in [2.75, 3.05) is 6.61 Å². The molecule has 26 heavy (non-hydrogen) atoms. The van der Waals surface area contributed by atoms with Crippen LogP contribution in [0.1, 0.15) is 36.9 Å². The standard InChI is InChI=1S/C18H25N3O4S/c1-4-25-17-6-5-16(7-12(17)2)26(23,24)20-18(13-8-15(22)9-13)14-10-19-21(3)11-14/h5-7,10-11,13,15,18,20,22H,4,8-9H2,1-3H3/t13?,15?,18-/m0/s1. The number of rotatable bonds is 7. The molecule has 1 saturated carbocycles. The number of nitrogens with zero attached hydrogens (tertiary/aromatic N) is 2. The molecule has 2 aromatic rings. The second kappa shape index (κ2) is 7.38. The van der Waals surface area contributed by atoms with Crippen LogP contribution in [0, 0.1) is 12.8 Å². The Bertz CT molecular complexity index is 872. The summed E-state index contributed by atoms with van der Waals surface area (Å²) in [6.07, 6.45) is 4.26. The molecule has 1 aliphatic carbocycles. The first-order valence-electron chi connectivity index (χ1n) is 8.72. The number of benzene rings is 1. The molecule has 0 radical (unpaired) electrons. The zero-order valence-electron chi connectivity index (χ0n) is 15.2. The molecule has 0 bridgehead atoms. The number of aryl methyl sites for hydroxylation is 2. The molecule has 1 atom stereocenters. The Hall–Kier alpha value is -1.90. The highest BCUT2D eigenvalue weighted by atomic mass is 32.2. The highest BCUT2D eigenvalue weighted by Crippen LogP contribution is 2.39. The average molecular weight is 379 g/mol. The summed E-state index contributed by atoms with van der Waals surface area (Å²) in [5.41, 5.74) is 1.57. The molecule has 0 unspecified atom stereocenters. The Morgan fingerprint density at radius 2 is 2.15 bits per heavy atom. The van der Waals surface area contributed by atoms with Crippen LogP contribution in [0.2, 0.25) is 0 Å². The van der Waals surface area contributed by atoms with Crippen LogP contribution in [-0.2, 0) is 17.1 Å². The minimum absolute atomic E-state index is 0.0489. The van der Waals surface area contributed by atoms with Crippen molar-refractivity contribution in [2.24, 2.45) is 13.0 Å². The molecule has 1 heterocycles. The molecule has 0 spiro atoms. The van der Waals surface area contributed by atoms with Crippen molar-refractivity contribution in [1.82, 2.24) is 14.5 Å². The molecule has 7 nitrogen and oxygen atoms in total. The molecule has 0 aliphatic heterocycles. The lowest BCUT2D eigenvalue weighted by Crippen LogP contribution is -2.41. The first-order valence-corrected chi connectivity index (χ1v) is 10.2. The van der Waals surface area contributed by atoms with E-state index in [0.717, 1.165) is 11.1 Å². The first kappa shape index (κ1) is 18.9. The SMILES string of the molecule is CCOc1ccc(S(=O)(=O)N[C@H](c2cnn(C)c2)C2CC(O)C2)cc1C. The van der Waals surface area contributed by atoms with Crippen LogP contribution < -0.4 is 9.46 Å². The van der Waals surface area contributed by atoms with E-state index in [-0.39, 0.29) is 16.9 Å². The van der Waals surface area contributed by atoms with Crippen LogP contribution >= 0.6 is 0 Å². The van der Waals surface area contributed by atoms with Gasteiger partial charge in [-0.15, -0.1) is 0 Å². The summed E-state index contributed by atoms with van der Waals surface area (Å²) in [4.78, 5) is 0.201. The molecule has 1 aliphatic rings. The Morgan fingerprint density at radius 1 is 1.42 bits per heavy atom. The summed E-state index contributed by atoms with van der Waals surface area (Å²) in [6, 6.07) is 4.43. The van der Waals surface area contributed by atoms with E-state index >= 15 is 0 Å². The van der Waals surface area contributed by atoms with E-state index in [2.05, 4.69) is 9.82 Å². The number of hydrogen-bond acceptors (Lipinski definition) is 5. The van der Waals surface area contributed by atoms with Crippen LogP contribution in [-0.4, -0.2) is 36.0 Å². The van der Waals surface area contributed by atoms with Crippen molar-refractivity contribution in [1.29, 1.82) is 0 Å². The fraction of sp³-hybridized carbons (Fsp3) is 0.500. The molecule has 142 valence electrons. The lowest BCUT2D eigenvalue weighted by molar-refractivity contribution is 0.0280. The molecule has 8 heteroatoms. The van der Waals surface area contributed by atoms with Gasteiger partial charge in [0.25, 0.3) is 0 Å². The van der Waals surface area contributed by atoms with Crippen molar-refractivity contribution >= 4 is 10.0 Å². The third-order valence-electron chi connectivity index (χ3n) is 4.74. The quantitative estimate of drug-likeness (QED) is 0.767. The maximum Gasteiger partial charge on any atom is 0.241 e. The van der Waals surface area contributed by atoms with Gasteiger partial charge in [-0.2, -0.15) is 5.10 Å². The fourth-order valence-electron chi connectivity index (χ4n) is 3.28. The monoisotopic (exact) mass is 379 g/mol. The Balaban J connectivity index is 1.86. The van der Waals surface area contributed by atoms with Gasteiger partial charge in [0.2, 0.25) is 10.0 Å². The molecule has 0 saturated heterocycles. The molecule has 3 rings (SSSR count).